The van der Waals surface area contributed by atoms with Gasteiger partial charge >= 0.3 is 5.97 Å². The maximum absolute atomic E-state index is 12.3. The number of carboxylic acids is 1. The van der Waals surface area contributed by atoms with Crippen LogP contribution in [0.4, 0.5) is 0 Å². The summed E-state index contributed by atoms with van der Waals surface area (Å²) in [4.78, 5) is 50.1. The van der Waals surface area contributed by atoms with Gasteiger partial charge in [0, 0.05) is 25.7 Å². The predicted octanol–water partition coefficient (Wildman–Crippen LogP) is 0.198. The van der Waals surface area contributed by atoms with E-state index in [0.717, 1.165) is 0 Å². The van der Waals surface area contributed by atoms with E-state index in [0.29, 0.717) is 24.9 Å². The number of amides is 3. The van der Waals surface area contributed by atoms with Crippen LogP contribution in [-0.4, -0.2) is 71.8 Å². The Kier molecular flexibility index (Phi) is 6.71. The highest BCUT2D eigenvalue weighted by Crippen LogP contribution is 2.16. The smallest absolute Gasteiger partial charge is 0.308 e. The van der Waals surface area contributed by atoms with Crippen molar-refractivity contribution in [3.05, 3.63) is 35.9 Å². The van der Waals surface area contributed by atoms with Crippen LogP contribution in [0.15, 0.2) is 30.3 Å². The van der Waals surface area contributed by atoms with E-state index in [9.17, 15) is 19.2 Å². The summed E-state index contributed by atoms with van der Waals surface area (Å²) in [5, 5.41) is 11.6. The van der Waals surface area contributed by atoms with E-state index in [1.54, 1.807) is 30.3 Å². The summed E-state index contributed by atoms with van der Waals surface area (Å²) in [6.07, 6.45) is 1.19. The maximum atomic E-state index is 12.3. The number of rotatable bonds is 6. The Bertz CT molecular complexity index is 677. The fraction of sp³-hybridized carbons (Fsp3) is 0.444. The van der Waals surface area contributed by atoms with Crippen molar-refractivity contribution in [1.82, 2.24) is 15.1 Å². The molecule has 1 unspecified atom stereocenters. The summed E-state index contributed by atoms with van der Waals surface area (Å²) in [6.45, 7) is 0.304. The molecule has 2 N–H and O–H groups in total. The third-order valence-electron chi connectivity index (χ3n) is 4.36. The first kappa shape index (κ1) is 19.4. The van der Waals surface area contributed by atoms with Crippen LogP contribution < -0.4 is 5.32 Å². The zero-order valence-electron chi connectivity index (χ0n) is 14.7. The van der Waals surface area contributed by atoms with Crippen LogP contribution in [0.3, 0.4) is 0 Å². The molecule has 0 aromatic heterocycles. The number of piperidine rings is 1. The van der Waals surface area contributed by atoms with Gasteiger partial charge in [-0.05, 0) is 25.0 Å². The van der Waals surface area contributed by atoms with Gasteiger partial charge in [0.05, 0.1) is 19.0 Å². The molecule has 1 saturated heterocycles. The Hall–Kier alpha value is -2.90. The standard InChI is InChI=1S/C18H23N3O5/c1-20(12-16(23)21-9-5-8-14(11-21)18(25)26)15(22)10-19-17(24)13-6-3-2-4-7-13/h2-4,6-7,14H,5,8-12H2,1H3,(H,19,24)(H,25,26). The number of nitrogens with one attached hydrogen (secondary N) is 1. The van der Waals surface area contributed by atoms with Crippen molar-refractivity contribution in [1.29, 1.82) is 0 Å². The molecule has 8 nitrogen and oxygen atoms in total. The number of carbonyl (C=O) groups excluding carboxylic acids is 3. The van der Waals surface area contributed by atoms with E-state index in [1.165, 1.54) is 16.8 Å². The Morgan fingerprint density at radius 2 is 1.92 bits per heavy atom. The number of carbonyl (C=O) groups is 4. The summed E-state index contributed by atoms with van der Waals surface area (Å²) in [5.41, 5.74) is 0.451. The third-order valence-corrected chi connectivity index (χ3v) is 4.36. The van der Waals surface area contributed by atoms with Gasteiger partial charge < -0.3 is 20.2 Å². The fourth-order valence-corrected chi connectivity index (χ4v) is 2.78. The first-order valence-electron chi connectivity index (χ1n) is 8.46. The topological polar surface area (TPSA) is 107 Å². The summed E-state index contributed by atoms with van der Waals surface area (Å²) < 4.78 is 0. The summed E-state index contributed by atoms with van der Waals surface area (Å²) >= 11 is 0. The second-order valence-electron chi connectivity index (χ2n) is 6.32. The summed E-state index contributed by atoms with van der Waals surface area (Å²) in [7, 11) is 1.48. The molecule has 0 aliphatic carbocycles. The first-order chi connectivity index (χ1) is 12.4. The molecule has 2 rings (SSSR count). The van der Waals surface area contributed by atoms with Gasteiger partial charge in [0.25, 0.3) is 5.91 Å². The highest BCUT2D eigenvalue weighted by atomic mass is 16.4. The van der Waals surface area contributed by atoms with E-state index in [-0.39, 0.29) is 31.4 Å². The van der Waals surface area contributed by atoms with Gasteiger partial charge in [0.15, 0.2) is 0 Å². The molecule has 0 radical (unpaired) electrons. The van der Waals surface area contributed by atoms with Crippen molar-refractivity contribution in [3.63, 3.8) is 0 Å². The average molecular weight is 361 g/mol. The molecule has 0 spiro atoms. The Balaban J connectivity index is 1.80. The van der Waals surface area contributed by atoms with Gasteiger partial charge in [-0.15, -0.1) is 0 Å². The number of hydrogen-bond acceptors (Lipinski definition) is 4. The van der Waals surface area contributed by atoms with E-state index >= 15 is 0 Å². The molecule has 3 amide bonds. The number of benzene rings is 1. The number of carboxylic acid groups (broad SMARTS) is 1. The van der Waals surface area contributed by atoms with Crippen molar-refractivity contribution >= 4 is 23.7 Å². The molecule has 1 fully saturated rings. The number of nitrogens with zero attached hydrogens (tertiary/aromatic N) is 2. The largest absolute Gasteiger partial charge is 0.481 e. The van der Waals surface area contributed by atoms with Gasteiger partial charge in [0.2, 0.25) is 11.8 Å². The minimum Gasteiger partial charge on any atom is -0.481 e. The van der Waals surface area contributed by atoms with E-state index in [2.05, 4.69) is 5.32 Å². The minimum atomic E-state index is -0.907. The van der Waals surface area contributed by atoms with Gasteiger partial charge in [-0.2, -0.15) is 0 Å². The Labute approximate surface area is 151 Å². The Morgan fingerprint density at radius 1 is 1.23 bits per heavy atom. The molecule has 26 heavy (non-hydrogen) atoms. The van der Waals surface area contributed by atoms with Crippen molar-refractivity contribution < 1.29 is 24.3 Å². The number of likely N-dealkylation sites (N-methyl/N-ethyl adjacent to an activating group) is 1. The number of hydrogen-bond donors (Lipinski definition) is 2. The second kappa shape index (κ2) is 8.98. The van der Waals surface area contributed by atoms with E-state index in [1.807, 2.05) is 0 Å². The van der Waals surface area contributed by atoms with Crippen molar-refractivity contribution in [3.8, 4) is 0 Å². The Morgan fingerprint density at radius 3 is 2.58 bits per heavy atom. The predicted molar refractivity (Wildman–Crippen MR) is 93.4 cm³/mol. The molecule has 1 aliphatic rings. The number of aliphatic carboxylic acids is 1. The maximum Gasteiger partial charge on any atom is 0.308 e. The molecule has 1 aromatic rings. The summed E-state index contributed by atoms with van der Waals surface area (Å²) in [5.74, 6) is -2.51. The molecule has 1 heterocycles. The molecule has 1 aromatic carbocycles. The molecule has 0 saturated carbocycles. The fourth-order valence-electron chi connectivity index (χ4n) is 2.78. The SMILES string of the molecule is CN(CC(=O)N1CCCC(C(=O)O)C1)C(=O)CNC(=O)c1ccccc1. The molecular formula is C18H23N3O5. The van der Waals surface area contributed by atoms with Crippen LogP contribution in [0.1, 0.15) is 23.2 Å². The molecular weight excluding hydrogens is 338 g/mol. The van der Waals surface area contributed by atoms with E-state index < -0.39 is 17.8 Å². The number of likely N-dealkylation sites (tertiary alicyclic amines) is 1. The van der Waals surface area contributed by atoms with Crippen LogP contribution in [0.5, 0.6) is 0 Å². The van der Waals surface area contributed by atoms with Crippen molar-refractivity contribution in [2.45, 2.75) is 12.8 Å². The van der Waals surface area contributed by atoms with Crippen LogP contribution in [0.2, 0.25) is 0 Å². The van der Waals surface area contributed by atoms with Gasteiger partial charge in [-0.1, -0.05) is 18.2 Å². The van der Waals surface area contributed by atoms with Crippen molar-refractivity contribution in [2.75, 3.05) is 33.2 Å². The second-order valence-corrected chi connectivity index (χ2v) is 6.32. The lowest BCUT2D eigenvalue weighted by Crippen LogP contribution is -2.48. The highest BCUT2D eigenvalue weighted by molar-refractivity contribution is 5.96. The lowest BCUT2D eigenvalue weighted by molar-refractivity contribution is -0.147. The normalized spacial score (nSPS) is 16.7. The third kappa shape index (κ3) is 5.30. The molecule has 140 valence electrons. The van der Waals surface area contributed by atoms with Gasteiger partial charge in [0.1, 0.15) is 0 Å². The molecule has 8 heteroatoms. The van der Waals surface area contributed by atoms with Crippen LogP contribution >= 0.6 is 0 Å². The molecule has 1 aliphatic heterocycles. The lowest BCUT2D eigenvalue weighted by Gasteiger charge is -2.32. The zero-order valence-corrected chi connectivity index (χ0v) is 14.7. The first-order valence-corrected chi connectivity index (χ1v) is 8.46. The minimum absolute atomic E-state index is 0.146. The van der Waals surface area contributed by atoms with Gasteiger partial charge in [-0.25, -0.2) is 0 Å². The van der Waals surface area contributed by atoms with Crippen molar-refractivity contribution in [2.24, 2.45) is 5.92 Å². The van der Waals surface area contributed by atoms with Crippen LogP contribution in [0, 0.1) is 5.92 Å². The molecule has 0 bridgehead atoms. The van der Waals surface area contributed by atoms with E-state index in [4.69, 9.17) is 5.11 Å². The monoisotopic (exact) mass is 361 g/mol. The average Bonchev–Trinajstić information content (AvgIpc) is 2.66. The zero-order chi connectivity index (χ0) is 19.1. The highest BCUT2D eigenvalue weighted by Gasteiger charge is 2.28. The van der Waals surface area contributed by atoms with Gasteiger partial charge in [-0.3, -0.25) is 19.2 Å². The van der Waals surface area contributed by atoms with Crippen LogP contribution in [-0.2, 0) is 14.4 Å². The molecule has 1 atom stereocenters. The lowest BCUT2D eigenvalue weighted by atomic mass is 9.98. The summed E-state index contributed by atoms with van der Waals surface area (Å²) in [6, 6.07) is 8.52. The van der Waals surface area contributed by atoms with Crippen LogP contribution in [0.25, 0.3) is 0 Å². The quantitative estimate of drug-likeness (QED) is 0.753.